The van der Waals surface area contributed by atoms with Gasteiger partial charge in [0, 0.05) is 19.2 Å². The van der Waals surface area contributed by atoms with Gasteiger partial charge in [0.2, 0.25) is 0 Å². The fourth-order valence-corrected chi connectivity index (χ4v) is 2.36. The molecule has 0 saturated carbocycles. The maximum absolute atomic E-state index is 12.4. The standard InChI is InChI=1S/C15H19NO2/c1-3-12-10-7-11-16(15(12)18-2)14(17)13-8-5-4-6-9-13/h4-6,8-10,15H,3,7,11H2,1-2H3. The number of hydrogen-bond acceptors (Lipinski definition) is 2. The second-order valence-electron chi connectivity index (χ2n) is 4.37. The molecule has 1 unspecified atom stereocenters. The van der Waals surface area contributed by atoms with E-state index in [9.17, 15) is 4.79 Å². The van der Waals surface area contributed by atoms with Crippen LogP contribution in [0.3, 0.4) is 0 Å². The summed E-state index contributed by atoms with van der Waals surface area (Å²) in [6.45, 7) is 2.81. The number of hydrogen-bond donors (Lipinski definition) is 0. The highest BCUT2D eigenvalue weighted by Gasteiger charge is 2.28. The zero-order valence-corrected chi connectivity index (χ0v) is 10.9. The van der Waals surface area contributed by atoms with Crippen LogP contribution >= 0.6 is 0 Å². The van der Waals surface area contributed by atoms with E-state index in [4.69, 9.17) is 4.74 Å². The molecule has 1 aromatic carbocycles. The summed E-state index contributed by atoms with van der Waals surface area (Å²) in [5.41, 5.74) is 1.91. The molecule has 1 atom stereocenters. The SMILES string of the molecule is CCC1=CCCN(C(=O)c2ccccc2)C1OC. The number of carbonyl (C=O) groups excluding carboxylic acids is 1. The number of carbonyl (C=O) groups is 1. The fourth-order valence-electron chi connectivity index (χ4n) is 2.36. The zero-order chi connectivity index (χ0) is 13.0. The third kappa shape index (κ3) is 2.46. The molecular weight excluding hydrogens is 226 g/mol. The molecule has 0 aliphatic carbocycles. The van der Waals surface area contributed by atoms with E-state index in [0.717, 1.165) is 24.9 Å². The highest BCUT2D eigenvalue weighted by Crippen LogP contribution is 2.23. The minimum absolute atomic E-state index is 0.0431. The Labute approximate surface area is 108 Å². The van der Waals surface area contributed by atoms with Gasteiger partial charge < -0.3 is 9.64 Å². The Kier molecular flexibility index (Phi) is 4.15. The summed E-state index contributed by atoms with van der Waals surface area (Å²) in [6, 6.07) is 9.38. The van der Waals surface area contributed by atoms with E-state index in [2.05, 4.69) is 13.0 Å². The van der Waals surface area contributed by atoms with Gasteiger partial charge in [-0.1, -0.05) is 31.2 Å². The van der Waals surface area contributed by atoms with Crippen molar-refractivity contribution in [1.82, 2.24) is 4.90 Å². The van der Waals surface area contributed by atoms with Crippen LogP contribution in [0.5, 0.6) is 0 Å². The first kappa shape index (κ1) is 12.8. The Morgan fingerprint density at radius 2 is 2.11 bits per heavy atom. The molecule has 96 valence electrons. The molecule has 3 nitrogen and oxygen atoms in total. The first-order valence-corrected chi connectivity index (χ1v) is 6.35. The summed E-state index contributed by atoms with van der Waals surface area (Å²) in [7, 11) is 1.66. The van der Waals surface area contributed by atoms with Crippen molar-refractivity contribution in [2.24, 2.45) is 0 Å². The van der Waals surface area contributed by atoms with Crippen molar-refractivity contribution < 1.29 is 9.53 Å². The first-order valence-electron chi connectivity index (χ1n) is 6.35. The number of methoxy groups -OCH3 is 1. The summed E-state index contributed by atoms with van der Waals surface area (Å²) in [5.74, 6) is 0.0431. The third-order valence-corrected chi connectivity index (χ3v) is 3.29. The average Bonchev–Trinajstić information content (AvgIpc) is 2.46. The van der Waals surface area contributed by atoms with Gasteiger partial charge in [0.25, 0.3) is 5.91 Å². The van der Waals surface area contributed by atoms with Crippen LogP contribution in [0.15, 0.2) is 42.0 Å². The molecule has 0 fully saturated rings. The molecular formula is C15H19NO2. The summed E-state index contributed by atoms with van der Waals surface area (Å²) >= 11 is 0. The number of rotatable bonds is 3. The first-order chi connectivity index (χ1) is 8.77. The second kappa shape index (κ2) is 5.83. The minimum atomic E-state index is -0.212. The van der Waals surface area contributed by atoms with E-state index in [1.165, 1.54) is 5.57 Å². The van der Waals surface area contributed by atoms with Crippen LogP contribution in [0, 0.1) is 0 Å². The van der Waals surface area contributed by atoms with E-state index in [1.54, 1.807) is 7.11 Å². The molecule has 2 rings (SSSR count). The Morgan fingerprint density at radius 1 is 1.39 bits per heavy atom. The topological polar surface area (TPSA) is 29.5 Å². The van der Waals surface area contributed by atoms with E-state index in [1.807, 2.05) is 35.2 Å². The van der Waals surface area contributed by atoms with Gasteiger partial charge in [-0.05, 0) is 30.5 Å². The van der Waals surface area contributed by atoms with Gasteiger partial charge in [-0.3, -0.25) is 4.79 Å². The van der Waals surface area contributed by atoms with Gasteiger partial charge in [-0.25, -0.2) is 0 Å². The average molecular weight is 245 g/mol. The van der Waals surface area contributed by atoms with E-state index >= 15 is 0 Å². The molecule has 1 aliphatic rings. The van der Waals surface area contributed by atoms with Gasteiger partial charge in [0.05, 0.1) is 0 Å². The van der Waals surface area contributed by atoms with Crippen molar-refractivity contribution in [3.8, 4) is 0 Å². The summed E-state index contributed by atoms with van der Waals surface area (Å²) in [4.78, 5) is 14.3. The smallest absolute Gasteiger partial charge is 0.256 e. The maximum Gasteiger partial charge on any atom is 0.256 e. The summed E-state index contributed by atoms with van der Waals surface area (Å²) < 4.78 is 5.49. The lowest BCUT2D eigenvalue weighted by molar-refractivity contribution is -0.00488. The van der Waals surface area contributed by atoms with Crippen LogP contribution in [-0.2, 0) is 4.74 Å². The van der Waals surface area contributed by atoms with Crippen molar-refractivity contribution in [1.29, 1.82) is 0 Å². The van der Waals surface area contributed by atoms with E-state index in [-0.39, 0.29) is 12.1 Å². The molecule has 1 amide bonds. The van der Waals surface area contributed by atoms with Crippen LogP contribution in [-0.4, -0.2) is 30.7 Å². The predicted octanol–water partition coefficient (Wildman–Crippen LogP) is 2.84. The van der Waals surface area contributed by atoms with Crippen LogP contribution in [0.25, 0.3) is 0 Å². The number of ether oxygens (including phenoxy) is 1. The van der Waals surface area contributed by atoms with Crippen molar-refractivity contribution in [2.45, 2.75) is 26.0 Å². The third-order valence-electron chi connectivity index (χ3n) is 3.29. The van der Waals surface area contributed by atoms with Gasteiger partial charge >= 0.3 is 0 Å². The maximum atomic E-state index is 12.4. The van der Waals surface area contributed by atoms with Gasteiger partial charge in [0.1, 0.15) is 0 Å². The van der Waals surface area contributed by atoms with E-state index in [0.29, 0.717) is 0 Å². The van der Waals surface area contributed by atoms with Crippen molar-refractivity contribution in [3.63, 3.8) is 0 Å². The predicted molar refractivity (Wildman–Crippen MR) is 71.3 cm³/mol. The molecule has 1 heterocycles. The summed E-state index contributed by atoms with van der Waals surface area (Å²) in [6.07, 6.45) is 3.79. The lowest BCUT2D eigenvalue weighted by Crippen LogP contribution is -2.45. The van der Waals surface area contributed by atoms with Crippen molar-refractivity contribution in [2.75, 3.05) is 13.7 Å². The molecule has 0 radical (unpaired) electrons. The normalized spacial score (nSPS) is 19.6. The van der Waals surface area contributed by atoms with Gasteiger partial charge in [-0.15, -0.1) is 0 Å². The largest absolute Gasteiger partial charge is 0.358 e. The van der Waals surface area contributed by atoms with Crippen LogP contribution < -0.4 is 0 Å². The van der Waals surface area contributed by atoms with E-state index < -0.39 is 0 Å². The van der Waals surface area contributed by atoms with Crippen LogP contribution in [0.1, 0.15) is 30.1 Å². The Bertz CT molecular complexity index is 439. The molecule has 0 N–H and O–H groups in total. The Balaban J connectivity index is 2.23. The highest BCUT2D eigenvalue weighted by molar-refractivity contribution is 5.94. The molecule has 0 aromatic heterocycles. The lowest BCUT2D eigenvalue weighted by atomic mass is 10.0. The Morgan fingerprint density at radius 3 is 2.72 bits per heavy atom. The van der Waals surface area contributed by atoms with Gasteiger partial charge in [-0.2, -0.15) is 0 Å². The molecule has 0 bridgehead atoms. The molecule has 1 aliphatic heterocycles. The summed E-state index contributed by atoms with van der Waals surface area (Å²) in [5, 5.41) is 0. The molecule has 18 heavy (non-hydrogen) atoms. The van der Waals surface area contributed by atoms with Crippen molar-refractivity contribution >= 4 is 5.91 Å². The second-order valence-corrected chi connectivity index (χ2v) is 4.37. The number of nitrogens with zero attached hydrogens (tertiary/aromatic N) is 1. The molecule has 3 heteroatoms. The molecule has 1 aromatic rings. The molecule has 0 spiro atoms. The lowest BCUT2D eigenvalue weighted by Gasteiger charge is -2.35. The highest BCUT2D eigenvalue weighted by atomic mass is 16.5. The molecule has 0 saturated heterocycles. The zero-order valence-electron chi connectivity index (χ0n) is 10.9. The van der Waals surface area contributed by atoms with Crippen molar-refractivity contribution in [3.05, 3.63) is 47.5 Å². The quantitative estimate of drug-likeness (QED) is 0.766. The van der Waals surface area contributed by atoms with Gasteiger partial charge in [0.15, 0.2) is 6.23 Å². The fraction of sp³-hybridized carbons (Fsp3) is 0.400. The number of benzene rings is 1. The number of amides is 1. The van der Waals surface area contributed by atoms with Crippen LogP contribution in [0.2, 0.25) is 0 Å². The monoisotopic (exact) mass is 245 g/mol. The minimum Gasteiger partial charge on any atom is -0.358 e. The van der Waals surface area contributed by atoms with Crippen LogP contribution in [0.4, 0.5) is 0 Å². The Hall–Kier alpha value is -1.61.